The highest BCUT2D eigenvalue weighted by molar-refractivity contribution is 7.94. The van der Waals surface area contributed by atoms with E-state index in [2.05, 4.69) is 9.71 Å². The van der Waals surface area contributed by atoms with Crippen LogP contribution in [0.2, 0.25) is 0 Å². The smallest absolute Gasteiger partial charge is 0.282 e. The van der Waals surface area contributed by atoms with E-state index in [1.165, 1.54) is 6.92 Å². The summed E-state index contributed by atoms with van der Waals surface area (Å²) in [5.41, 5.74) is 2.14. The molecule has 2 N–H and O–H groups in total. The fourth-order valence-electron chi connectivity index (χ4n) is 2.55. The number of rotatable bonds is 5. The van der Waals surface area contributed by atoms with Gasteiger partial charge in [0.05, 0.1) is 11.4 Å². The lowest BCUT2D eigenvalue weighted by Gasteiger charge is -2.22. The number of hydrogen-bond acceptors (Lipinski definition) is 4. The van der Waals surface area contributed by atoms with Gasteiger partial charge in [0, 0.05) is 0 Å². The molecule has 0 spiro atoms. The number of nitrogens with zero attached hydrogens (tertiary/aromatic N) is 1. The van der Waals surface area contributed by atoms with Crippen molar-refractivity contribution in [2.45, 2.75) is 38.9 Å². The molecule has 0 aliphatic carbocycles. The molecule has 2 rings (SSSR count). The third kappa shape index (κ3) is 3.42. The lowest BCUT2D eigenvalue weighted by Crippen LogP contribution is -2.51. The van der Waals surface area contributed by atoms with Crippen molar-refractivity contribution in [2.24, 2.45) is 4.99 Å². The zero-order valence-corrected chi connectivity index (χ0v) is 14.0. The van der Waals surface area contributed by atoms with Crippen molar-refractivity contribution >= 4 is 33.4 Å². The number of sulfonamides is 1. The number of urea groups is 1. The molecule has 0 aromatic heterocycles. The van der Waals surface area contributed by atoms with E-state index in [1.807, 2.05) is 37.4 Å². The molecule has 1 heterocycles. The molecule has 0 saturated carbocycles. The number of anilines is 1. The van der Waals surface area contributed by atoms with E-state index >= 15 is 0 Å². The van der Waals surface area contributed by atoms with Crippen molar-refractivity contribution in [1.29, 1.82) is 0 Å². The number of nitrogens with one attached hydrogen (secondary N) is 2. The molecule has 1 unspecified atom stereocenters. The van der Waals surface area contributed by atoms with Crippen LogP contribution in [0.4, 0.5) is 10.5 Å². The Labute approximate surface area is 135 Å². The number of carbonyl (C=O) groups excluding carboxylic acids is 2. The van der Waals surface area contributed by atoms with Crippen molar-refractivity contribution in [1.82, 2.24) is 5.32 Å². The molecule has 1 atom stereocenters. The molecule has 0 saturated heterocycles. The van der Waals surface area contributed by atoms with Crippen LogP contribution in [-0.4, -0.2) is 31.3 Å². The second-order valence-corrected chi connectivity index (χ2v) is 7.00. The van der Waals surface area contributed by atoms with E-state index in [1.54, 1.807) is 0 Å². The van der Waals surface area contributed by atoms with Crippen LogP contribution in [0.15, 0.2) is 23.2 Å². The Kier molecular flexibility index (Phi) is 4.84. The quantitative estimate of drug-likeness (QED) is 0.852. The topological polar surface area (TPSA) is 105 Å². The number of para-hydroxylation sites is 1. The van der Waals surface area contributed by atoms with Gasteiger partial charge < -0.3 is 0 Å². The van der Waals surface area contributed by atoms with Gasteiger partial charge in [0.25, 0.3) is 5.91 Å². The number of hydrogen-bond donors (Lipinski definition) is 2. The molecule has 1 aromatic rings. The molecular formula is C15H19N3O4S. The molecule has 7 nitrogen and oxygen atoms in total. The van der Waals surface area contributed by atoms with E-state index in [0.717, 1.165) is 11.1 Å². The summed E-state index contributed by atoms with van der Waals surface area (Å²) in [6.45, 7) is 5.20. The van der Waals surface area contributed by atoms with Crippen molar-refractivity contribution in [3.8, 4) is 0 Å². The minimum atomic E-state index is -4.07. The first kappa shape index (κ1) is 17.1. The molecule has 0 bridgehead atoms. The first-order valence-corrected chi connectivity index (χ1v) is 8.87. The summed E-state index contributed by atoms with van der Waals surface area (Å²) in [6, 6.07) is 4.70. The highest BCUT2D eigenvalue weighted by Crippen LogP contribution is 2.25. The minimum Gasteiger partial charge on any atom is -0.282 e. The van der Waals surface area contributed by atoms with Crippen LogP contribution in [0.1, 0.15) is 31.9 Å². The summed E-state index contributed by atoms with van der Waals surface area (Å²) in [5, 5.41) is 0.406. The van der Waals surface area contributed by atoms with E-state index in [9.17, 15) is 18.0 Å². The van der Waals surface area contributed by atoms with Crippen LogP contribution in [0.3, 0.4) is 0 Å². The summed E-state index contributed by atoms with van der Waals surface area (Å²) in [7, 11) is -4.07. The first-order chi connectivity index (χ1) is 10.8. The molecule has 1 aliphatic heterocycles. The number of carbonyl (C=O) groups is 2. The maximum absolute atomic E-state index is 12.7. The summed E-state index contributed by atoms with van der Waals surface area (Å²) >= 11 is 0. The Bertz CT molecular complexity index is 762. The lowest BCUT2D eigenvalue weighted by molar-refractivity contribution is -0.118. The van der Waals surface area contributed by atoms with Gasteiger partial charge in [-0.25, -0.2) is 18.2 Å². The largest absolute Gasteiger partial charge is 0.347 e. The first-order valence-electron chi connectivity index (χ1n) is 7.32. The van der Waals surface area contributed by atoms with Gasteiger partial charge in [-0.1, -0.05) is 32.0 Å². The fourth-order valence-corrected chi connectivity index (χ4v) is 4.05. The van der Waals surface area contributed by atoms with Gasteiger partial charge in [-0.15, -0.1) is 0 Å². The Morgan fingerprint density at radius 2 is 1.74 bits per heavy atom. The second-order valence-electron chi connectivity index (χ2n) is 5.23. The van der Waals surface area contributed by atoms with Crippen LogP contribution in [-0.2, 0) is 27.7 Å². The Morgan fingerprint density at radius 3 is 2.22 bits per heavy atom. The van der Waals surface area contributed by atoms with Crippen molar-refractivity contribution in [3.63, 3.8) is 0 Å². The van der Waals surface area contributed by atoms with Crippen LogP contribution in [0.25, 0.3) is 0 Å². The Balaban J connectivity index is 2.45. The highest BCUT2D eigenvalue weighted by Gasteiger charge is 2.39. The van der Waals surface area contributed by atoms with Gasteiger partial charge in [0.1, 0.15) is 0 Å². The zero-order chi connectivity index (χ0) is 17.2. The van der Waals surface area contributed by atoms with Crippen molar-refractivity contribution in [2.75, 3.05) is 4.72 Å². The maximum Gasteiger partial charge on any atom is 0.347 e. The monoisotopic (exact) mass is 337 g/mol. The van der Waals surface area contributed by atoms with Crippen LogP contribution in [0.5, 0.6) is 0 Å². The van der Waals surface area contributed by atoms with Gasteiger partial charge in [-0.05, 0) is 30.9 Å². The molecule has 1 aliphatic rings. The van der Waals surface area contributed by atoms with E-state index < -0.39 is 27.2 Å². The van der Waals surface area contributed by atoms with Crippen molar-refractivity contribution < 1.29 is 18.0 Å². The molecule has 0 fully saturated rings. The zero-order valence-electron chi connectivity index (χ0n) is 13.2. The third-order valence-corrected chi connectivity index (χ3v) is 5.34. The van der Waals surface area contributed by atoms with Gasteiger partial charge in [0.2, 0.25) is 10.0 Å². The Hall–Kier alpha value is -2.22. The maximum atomic E-state index is 12.7. The molecule has 23 heavy (non-hydrogen) atoms. The Morgan fingerprint density at radius 1 is 1.17 bits per heavy atom. The number of amides is 3. The third-order valence-electron chi connectivity index (χ3n) is 3.68. The molecule has 0 radical (unpaired) electrons. The lowest BCUT2D eigenvalue weighted by atomic mass is 10.0. The van der Waals surface area contributed by atoms with Gasteiger partial charge >= 0.3 is 6.03 Å². The number of aliphatic imine (C=N–C) groups is 1. The summed E-state index contributed by atoms with van der Waals surface area (Å²) in [4.78, 5) is 26.6. The molecule has 1 aromatic carbocycles. The summed E-state index contributed by atoms with van der Waals surface area (Å²) in [6.07, 6.45) is 1.29. The van der Waals surface area contributed by atoms with Gasteiger partial charge in [-0.3, -0.25) is 14.8 Å². The fraction of sp³-hybridized carbons (Fsp3) is 0.400. The molecule has 8 heteroatoms. The van der Waals surface area contributed by atoms with E-state index in [-0.39, 0.29) is 5.71 Å². The normalized spacial score (nSPS) is 18.4. The average molecular weight is 337 g/mol. The van der Waals surface area contributed by atoms with Crippen LogP contribution >= 0.6 is 0 Å². The number of benzene rings is 1. The number of imide groups is 1. The van der Waals surface area contributed by atoms with Gasteiger partial charge in [-0.2, -0.15) is 0 Å². The summed E-state index contributed by atoms with van der Waals surface area (Å²) in [5.74, 6) is -0.887. The second kappa shape index (κ2) is 6.49. The van der Waals surface area contributed by atoms with Crippen LogP contribution in [0, 0.1) is 0 Å². The van der Waals surface area contributed by atoms with Gasteiger partial charge in [0.15, 0.2) is 5.25 Å². The standard InChI is InChI=1S/C15H19N3O4S/c1-4-10-7-6-8-11(5-2)12(10)18-23(21,22)13-9(3)16-15(20)17-14(13)19/h6-8,13,18H,4-5H2,1-3H3,(H,17,19,20). The molecular weight excluding hydrogens is 318 g/mol. The molecule has 3 amide bonds. The number of aryl methyl sites for hydroxylation is 2. The van der Waals surface area contributed by atoms with Crippen molar-refractivity contribution in [3.05, 3.63) is 29.3 Å². The predicted molar refractivity (Wildman–Crippen MR) is 88.2 cm³/mol. The predicted octanol–water partition coefficient (Wildman–Crippen LogP) is 1.63. The SMILES string of the molecule is CCc1cccc(CC)c1NS(=O)(=O)C1C(=O)NC(=O)N=C1C. The van der Waals surface area contributed by atoms with Crippen LogP contribution < -0.4 is 10.0 Å². The van der Waals surface area contributed by atoms with E-state index in [4.69, 9.17) is 0 Å². The minimum absolute atomic E-state index is 0.0433. The summed E-state index contributed by atoms with van der Waals surface area (Å²) < 4.78 is 27.8. The molecule has 124 valence electrons. The highest BCUT2D eigenvalue weighted by atomic mass is 32.2. The van der Waals surface area contributed by atoms with E-state index in [0.29, 0.717) is 18.5 Å². The average Bonchev–Trinajstić information content (AvgIpc) is 2.45.